The topological polar surface area (TPSA) is 48.4 Å². The molecule has 4 nitrogen and oxygen atoms in total. The number of esters is 1. The average molecular weight is 522 g/mol. The summed E-state index contributed by atoms with van der Waals surface area (Å²) in [5.41, 5.74) is 2.74. The van der Waals surface area contributed by atoms with Crippen LogP contribution in [-0.2, 0) is 11.3 Å². The summed E-state index contributed by atoms with van der Waals surface area (Å²) in [5, 5.41) is 0.480. The fourth-order valence-electron chi connectivity index (χ4n) is 3.99. The van der Waals surface area contributed by atoms with Gasteiger partial charge in [0, 0.05) is 23.8 Å². The Morgan fingerprint density at radius 1 is 1.00 bits per heavy atom. The molecule has 1 heterocycles. The van der Waals surface area contributed by atoms with E-state index < -0.39 is 35.6 Å². The van der Waals surface area contributed by atoms with Gasteiger partial charge in [-0.1, -0.05) is 29.3 Å². The molecule has 182 valence electrons. The Hall–Kier alpha value is -3.03. The van der Waals surface area contributed by atoms with Crippen molar-refractivity contribution in [3.8, 4) is 5.75 Å². The van der Waals surface area contributed by atoms with E-state index in [0.29, 0.717) is 36.2 Å². The molecule has 0 fully saturated rings. The van der Waals surface area contributed by atoms with Crippen LogP contribution in [0.2, 0.25) is 10.0 Å². The second-order valence-electron chi connectivity index (χ2n) is 7.84. The van der Waals surface area contributed by atoms with Crippen molar-refractivity contribution in [1.29, 1.82) is 0 Å². The smallest absolute Gasteiger partial charge is 0.356 e. The lowest BCUT2D eigenvalue weighted by atomic mass is 9.98. The van der Waals surface area contributed by atoms with Gasteiger partial charge in [0.2, 0.25) is 0 Å². The lowest BCUT2D eigenvalue weighted by Crippen LogP contribution is -2.08. The molecule has 0 bridgehead atoms. The van der Waals surface area contributed by atoms with Crippen LogP contribution in [0.15, 0.2) is 42.5 Å². The minimum Gasteiger partial charge on any atom is -0.488 e. The SMILES string of the molecule is CCOC(=O)c1cccc(C2=C(c3cc(Cl)c(Cl)cc3OCc3c(F)cc(F)cc3F)CCC2)n1. The molecule has 2 aromatic carbocycles. The molecule has 3 aromatic rings. The van der Waals surface area contributed by atoms with Gasteiger partial charge in [-0.2, -0.15) is 0 Å². The number of aromatic nitrogens is 1. The molecule has 35 heavy (non-hydrogen) atoms. The normalized spacial score (nSPS) is 13.3. The molecule has 4 rings (SSSR count). The maximum Gasteiger partial charge on any atom is 0.356 e. The Labute approximate surface area is 210 Å². The maximum atomic E-state index is 14.1. The van der Waals surface area contributed by atoms with E-state index in [1.807, 2.05) is 0 Å². The number of nitrogens with zero attached hydrogens (tertiary/aromatic N) is 1. The molecule has 1 aromatic heterocycles. The third-order valence-electron chi connectivity index (χ3n) is 5.59. The summed E-state index contributed by atoms with van der Waals surface area (Å²) in [6.07, 6.45) is 2.17. The van der Waals surface area contributed by atoms with Crippen molar-refractivity contribution in [1.82, 2.24) is 4.98 Å². The van der Waals surface area contributed by atoms with Gasteiger partial charge in [-0.25, -0.2) is 22.9 Å². The van der Waals surface area contributed by atoms with Crippen LogP contribution >= 0.6 is 23.2 Å². The molecule has 0 unspecified atom stereocenters. The largest absolute Gasteiger partial charge is 0.488 e. The molecule has 0 amide bonds. The van der Waals surface area contributed by atoms with Gasteiger partial charge < -0.3 is 9.47 Å². The van der Waals surface area contributed by atoms with Gasteiger partial charge in [-0.05, 0) is 55.5 Å². The second-order valence-corrected chi connectivity index (χ2v) is 8.65. The summed E-state index contributed by atoms with van der Waals surface area (Å²) in [6, 6.07) is 9.40. The van der Waals surface area contributed by atoms with Crippen LogP contribution in [0.4, 0.5) is 13.2 Å². The molecule has 9 heteroatoms. The van der Waals surface area contributed by atoms with Crippen molar-refractivity contribution in [2.75, 3.05) is 6.61 Å². The first-order valence-corrected chi connectivity index (χ1v) is 11.7. The Balaban J connectivity index is 1.74. The third-order valence-corrected chi connectivity index (χ3v) is 6.31. The highest BCUT2D eigenvalue weighted by molar-refractivity contribution is 6.42. The molecule has 0 atom stereocenters. The zero-order valence-corrected chi connectivity index (χ0v) is 20.2. The molecule has 1 aliphatic carbocycles. The maximum absolute atomic E-state index is 14.1. The van der Waals surface area contributed by atoms with Crippen molar-refractivity contribution in [3.63, 3.8) is 0 Å². The first-order valence-electron chi connectivity index (χ1n) is 10.9. The van der Waals surface area contributed by atoms with Crippen LogP contribution in [0.5, 0.6) is 5.75 Å². The van der Waals surface area contributed by atoms with E-state index >= 15 is 0 Å². The first kappa shape index (κ1) is 25.1. The van der Waals surface area contributed by atoms with Crippen molar-refractivity contribution in [2.24, 2.45) is 0 Å². The molecular weight excluding hydrogens is 502 g/mol. The Kier molecular flexibility index (Phi) is 7.67. The number of halogens is 5. The number of pyridine rings is 1. The van der Waals surface area contributed by atoms with Gasteiger partial charge in [0.05, 0.1) is 27.9 Å². The van der Waals surface area contributed by atoms with Gasteiger partial charge in [0.1, 0.15) is 35.5 Å². The van der Waals surface area contributed by atoms with Gasteiger partial charge >= 0.3 is 5.97 Å². The van der Waals surface area contributed by atoms with Crippen LogP contribution < -0.4 is 4.74 Å². The lowest BCUT2D eigenvalue weighted by molar-refractivity contribution is 0.0519. The van der Waals surface area contributed by atoms with E-state index in [1.165, 1.54) is 6.07 Å². The fourth-order valence-corrected chi connectivity index (χ4v) is 4.31. The summed E-state index contributed by atoms with van der Waals surface area (Å²) in [6.45, 7) is 1.47. The highest BCUT2D eigenvalue weighted by atomic mass is 35.5. The number of carbonyl (C=O) groups excluding carboxylic acids is 1. The van der Waals surface area contributed by atoms with E-state index in [-0.39, 0.29) is 28.1 Å². The summed E-state index contributed by atoms with van der Waals surface area (Å²) >= 11 is 12.5. The molecular formula is C26H20Cl2F3NO3. The molecule has 0 N–H and O–H groups in total. The molecule has 0 spiro atoms. The minimum atomic E-state index is -1.05. The van der Waals surface area contributed by atoms with E-state index in [0.717, 1.165) is 17.6 Å². The van der Waals surface area contributed by atoms with Gasteiger partial charge in [-0.3, -0.25) is 0 Å². The van der Waals surface area contributed by atoms with E-state index in [1.54, 1.807) is 31.2 Å². The zero-order chi connectivity index (χ0) is 25.1. The molecule has 0 saturated heterocycles. The number of carbonyl (C=O) groups is 1. The number of hydrogen-bond acceptors (Lipinski definition) is 4. The lowest BCUT2D eigenvalue weighted by Gasteiger charge is -2.16. The van der Waals surface area contributed by atoms with Gasteiger partial charge in [0.15, 0.2) is 0 Å². The van der Waals surface area contributed by atoms with Crippen molar-refractivity contribution >= 4 is 40.3 Å². The van der Waals surface area contributed by atoms with E-state index in [9.17, 15) is 18.0 Å². The summed E-state index contributed by atoms with van der Waals surface area (Å²) < 4.78 is 52.4. The number of rotatable bonds is 7. The number of allylic oxidation sites excluding steroid dienone is 2. The van der Waals surface area contributed by atoms with Crippen LogP contribution in [0.3, 0.4) is 0 Å². The predicted octanol–water partition coefficient (Wildman–Crippen LogP) is 7.66. The summed E-state index contributed by atoms with van der Waals surface area (Å²) in [5.74, 6) is -3.37. The van der Waals surface area contributed by atoms with Gasteiger partial charge in [0.25, 0.3) is 0 Å². The number of hydrogen-bond donors (Lipinski definition) is 0. The summed E-state index contributed by atoms with van der Waals surface area (Å²) in [7, 11) is 0. The molecule has 1 aliphatic rings. The fraction of sp³-hybridized carbons (Fsp3) is 0.231. The third kappa shape index (κ3) is 5.46. The Morgan fingerprint density at radius 2 is 1.69 bits per heavy atom. The highest BCUT2D eigenvalue weighted by Gasteiger charge is 2.24. The van der Waals surface area contributed by atoms with Crippen molar-refractivity contribution in [3.05, 3.63) is 92.5 Å². The summed E-state index contributed by atoms with van der Waals surface area (Å²) in [4.78, 5) is 16.6. The first-order chi connectivity index (χ1) is 16.8. The van der Waals surface area contributed by atoms with Crippen LogP contribution in [0.1, 0.15) is 53.5 Å². The zero-order valence-electron chi connectivity index (χ0n) is 18.6. The quantitative estimate of drug-likeness (QED) is 0.299. The van der Waals surface area contributed by atoms with Crippen LogP contribution in [0, 0.1) is 17.5 Å². The Bertz CT molecular complexity index is 1300. The number of benzene rings is 2. The predicted molar refractivity (Wildman–Crippen MR) is 128 cm³/mol. The van der Waals surface area contributed by atoms with E-state index in [2.05, 4.69) is 4.98 Å². The highest BCUT2D eigenvalue weighted by Crippen LogP contribution is 2.44. The standard InChI is InChI=1S/C26H20Cl2F3NO3/c1-2-34-26(33)24-8-4-7-23(32-24)16-6-3-5-15(16)17-11-19(27)20(28)12-25(17)35-13-18-21(30)9-14(29)10-22(18)31/h4,7-12H,2-3,5-6,13H2,1H3. The van der Waals surface area contributed by atoms with Crippen molar-refractivity contribution in [2.45, 2.75) is 32.8 Å². The van der Waals surface area contributed by atoms with E-state index in [4.69, 9.17) is 32.7 Å². The average Bonchev–Trinajstić information content (AvgIpc) is 3.30. The molecule has 0 radical (unpaired) electrons. The molecule has 0 aliphatic heterocycles. The number of ether oxygens (including phenoxy) is 2. The van der Waals surface area contributed by atoms with Crippen LogP contribution in [0.25, 0.3) is 11.1 Å². The Morgan fingerprint density at radius 3 is 2.40 bits per heavy atom. The monoisotopic (exact) mass is 521 g/mol. The minimum absolute atomic E-state index is 0.191. The van der Waals surface area contributed by atoms with Gasteiger partial charge in [-0.15, -0.1) is 0 Å². The van der Waals surface area contributed by atoms with Crippen molar-refractivity contribution < 1.29 is 27.4 Å². The van der Waals surface area contributed by atoms with Crippen LogP contribution in [-0.4, -0.2) is 17.6 Å². The molecule has 0 saturated carbocycles. The second kappa shape index (κ2) is 10.7.